The smallest absolute Gasteiger partial charge is 0.171 e. The highest BCUT2D eigenvalue weighted by atomic mass is 32.1. The van der Waals surface area contributed by atoms with E-state index in [2.05, 4.69) is 77.9 Å². The zero-order valence-corrected chi connectivity index (χ0v) is 17.8. The number of rotatable bonds is 4. The summed E-state index contributed by atoms with van der Waals surface area (Å²) in [6.45, 7) is 5.32. The van der Waals surface area contributed by atoms with Crippen molar-refractivity contribution >= 4 is 23.0 Å². The first-order valence-electron chi connectivity index (χ1n) is 10.5. The van der Waals surface area contributed by atoms with E-state index < -0.39 is 0 Å². The average molecular weight is 394 g/mol. The molecule has 0 amide bonds. The first-order valence-corrected chi connectivity index (χ1v) is 10.9. The van der Waals surface area contributed by atoms with Crippen molar-refractivity contribution in [3.05, 3.63) is 65.2 Å². The molecule has 0 aliphatic carbocycles. The van der Waals surface area contributed by atoms with Crippen LogP contribution in [0, 0.1) is 13.8 Å². The van der Waals surface area contributed by atoms with Gasteiger partial charge in [0.1, 0.15) is 0 Å². The Morgan fingerprint density at radius 2 is 1.75 bits per heavy atom. The van der Waals surface area contributed by atoms with Crippen LogP contribution < -0.4 is 10.6 Å². The predicted octanol–water partition coefficient (Wildman–Crippen LogP) is 5.18. The lowest BCUT2D eigenvalue weighted by molar-refractivity contribution is 0.0212. The molecule has 0 spiro atoms. The van der Waals surface area contributed by atoms with E-state index in [1.807, 2.05) is 0 Å². The summed E-state index contributed by atoms with van der Waals surface area (Å²) in [5.74, 6) is 0. The lowest BCUT2D eigenvalue weighted by Gasteiger charge is -2.49. The van der Waals surface area contributed by atoms with Gasteiger partial charge in [0.15, 0.2) is 5.11 Å². The van der Waals surface area contributed by atoms with Gasteiger partial charge in [-0.15, -0.1) is 0 Å². The van der Waals surface area contributed by atoms with Crippen molar-refractivity contribution in [3.8, 4) is 0 Å². The van der Waals surface area contributed by atoms with Gasteiger partial charge in [-0.05, 0) is 74.5 Å². The maximum absolute atomic E-state index is 5.65. The third kappa shape index (κ3) is 4.56. The molecule has 0 radical (unpaired) electrons. The van der Waals surface area contributed by atoms with Crippen LogP contribution in [0.5, 0.6) is 0 Å². The molecule has 4 rings (SSSR count). The first kappa shape index (κ1) is 19.4. The molecule has 3 nitrogen and oxygen atoms in total. The summed E-state index contributed by atoms with van der Waals surface area (Å²) in [4.78, 5) is 2.75. The summed E-state index contributed by atoms with van der Waals surface area (Å²) < 4.78 is 0. The minimum absolute atomic E-state index is 0.465. The Kier molecular flexibility index (Phi) is 5.98. The van der Waals surface area contributed by atoms with Gasteiger partial charge >= 0.3 is 0 Å². The molecule has 0 aromatic heterocycles. The largest absolute Gasteiger partial charge is 0.360 e. The third-order valence-electron chi connectivity index (χ3n) is 6.31. The minimum Gasteiger partial charge on any atom is -0.360 e. The summed E-state index contributed by atoms with van der Waals surface area (Å²) in [6, 6.07) is 19.1. The van der Waals surface area contributed by atoms with E-state index in [0.29, 0.717) is 18.1 Å². The fraction of sp³-hybridized carbons (Fsp3) is 0.458. The molecule has 4 heteroatoms. The Labute approximate surface area is 174 Å². The van der Waals surface area contributed by atoms with E-state index in [-0.39, 0.29) is 0 Å². The first-order chi connectivity index (χ1) is 13.6. The molecule has 2 aliphatic rings. The molecule has 0 unspecified atom stereocenters. The molecule has 2 heterocycles. The van der Waals surface area contributed by atoms with Crippen LogP contribution in [0.3, 0.4) is 0 Å². The van der Waals surface area contributed by atoms with Crippen molar-refractivity contribution in [3.63, 3.8) is 0 Å². The molecule has 2 saturated heterocycles. The monoisotopic (exact) mass is 393 g/mol. The maximum Gasteiger partial charge on any atom is 0.171 e. The molecule has 2 aromatic carbocycles. The van der Waals surface area contributed by atoms with Crippen LogP contribution in [-0.2, 0) is 6.54 Å². The molecule has 2 aromatic rings. The number of fused-ring (bicyclic) bond motifs is 2. The quantitative estimate of drug-likeness (QED) is 0.700. The van der Waals surface area contributed by atoms with Crippen molar-refractivity contribution < 1.29 is 0 Å². The Balaban J connectivity index is 1.37. The second kappa shape index (κ2) is 8.62. The van der Waals surface area contributed by atoms with Crippen molar-refractivity contribution in [1.82, 2.24) is 10.2 Å². The molecule has 2 fully saturated rings. The topological polar surface area (TPSA) is 27.3 Å². The number of nitrogens with one attached hydrogen (secondary N) is 2. The Morgan fingerprint density at radius 3 is 2.46 bits per heavy atom. The average Bonchev–Trinajstić information content (AvgIpc) is 2.66. The number of thiocarbonyl (C=S) groups is 1. The lowest BCUT2D eigenvalue weighted by atomic mass is 9.81. The molecular formula is C24H31N3S. The van der Waals surface area contributed by atoms with Crippen LogP contribution >= 0.6 is 12.2 Å². The third-order valence-corrected chi connectivity index (χ3v) is 6.53. The van der Waals surface area contributed by atoms with Gasteiger partial charge in [0.2, 0.25) is 0 Å². The Bertz CT molecular complexity index is 806. The number of anilines is 1. The van der Waals surface area contributed by atoms with Crippen molar-refractivity contribution in [2.75, 3.05) is 5.32 Å². The van der Waals surface area contributed by atoms with Crippen LogP contribution in [0.1, 0.15) is 48.8 Å². The van der Waals surface area contributed by atoms with Crippen LogP contribution in [0.25, 0.3) is 0 Å². The SMILES string of the molecule is Cc1ccc(C)c(NC(=S)NC2C[C@@H]3CCC[C@@H](C2)N3Cc2ccccc2)c1. The van der Waals surface area contributed by atoms with Gasteiger partial charge < -0.3 is 10.6 Å². The lowest BCUT2D eigenvalue weighted by Crippen LogP contribution is -2.56. The van der Waals surface area contributed by atoms with Crippen molar-refractivity contribution in [1.29, 1.82) is 0 Å². The molecule has 28 heavy (non-hydrogen) atoms. The number of aryl methyl sites for hydroxylation is 2. The van der Waals surface area contributed by atoms with Gasteiger partial charge in [0.25, 0.3) is 0 Å². The Morgan fingerprint density at radius 1 is 1.04 bits per heavy atom. The van der Waals surface area contributed by atoms with Crippen LogP contribution in [0.4, 0.5) is 5.69 Å². The molecule has 148 valence electrons. The number of nitrogens with zero attached hydrogens (tertiary/aromatic N) is 1. The van der Waals surface area contributed by atoms with E-state index in [9.17, 15) is 0 Å². The fourth-order valence-corrected chi connectivity index (χ4v) is 5.14. The van der Waals surface area contributed by atoms with Crippen molar-refractivity contribution in [2.24, 2.45) is 0 Å². The van der Waals surface area contributed by atoms with Crippen molar-refractivity contribution in [2.45, 2.75) is 70.6 Å². The molecule has 2 N–H and O–H groups in total. The zero-order chi connectivity index (χ0) is 19.5. The number of benzene rings is 2. The van der Waals surface area contributed by atoms with E-state index in [1.54, 1.807) is 0 Å². The molecule has 0 saturated carbocycles. The predicted molar refractivity (Wildman–Crippen MR) is 122 cm³/mol. The van der Waals surface area contributed by atoms with E-state index >= 15 is 0 Å². The van der Waals surface area contributed by atoms with Gasteiger partial charge in [-0.25, -0.2) is 0 Å². The highest BCUT2D eigenvalue weighted by molar-refractivity contribution is 7.80. The van der Waals surface area contributed by atoms with Crippen LogP contribution in [0.2, 0.25) is 0 Å². The molecular weight excluding hydrogens is 362 g/mol. The fourth-order valence-electron chi connectivity index (χ4n) is 4.86. The van der Waals surface area contributed by atoms with Crippen LogP contribution in [0.15, 0.2) is 48.5 Å². The summed E-state index contributed by atoms with van der Waals surface area (Å²) in [6.07, 6.45) is 6.33. The normalized spacial score (nSPS) is 24.6. The summed E-state index contributed by atoms with van der Waals surface area (Å²) in [5, 5.41) is 7.80. The Hall–Kier alpha value is -1.91. The van der Waals surface area contributed by atoms with Gasteiger partial charge in [-0.2, -0.15) is 0 Å². The van der Waals surface area contributed by atoms with Crippen LogP contribution in [-0.4, -0.2) is 28.1 Å². The number of hydrogen-bond donors (Lipinski definition) is 2. The molecule has 2 atom stereocenters. The summed E-state index contributed by atoms with van der Waals surface area (Å²) in [7, 11) is 0. The van der Waals surface area contributed by atoms with E-state index in [4.69, 9.17) is 12.2 Å². The van der Waals surface area contributed by atoms with E-state index in [1.165, 1.54) is 48.8 Å². The molecule has 2 aliphatic heterocycles. The number of piperidine rings is 2. The van der Waals surface area contributed by atoms with Gasteiger partial charge in [-0.3, -0.25) is 4.90 Å². The second-order valence-corrected chi connectivity index (χ2v) is 8.89. The van der Waals surface area contributed by atoms with Gasteiger partial charge in [0.05, 0.1) is 0 Å². The van der Waals surface area contributed by atoms with E-state index in [0.717, 1.165) is 17.3 Å². The second-order valence-electron chi connectivity index (χ2n) is 8.48. The molecule has 2 bridgehead atoms. The highest BCUT2D eigenvalue weighted by Crippen LogP contribution is 2.35. The van der Waals surface area contributed by atoms with Gasteiger partial charge in [0, 0.05) is 30.4 Å². The minimum atomic E-state index is 0.465. The summed E-state index contributed by atoms with van der Waals surface area (Å²) in [5.41, 5.74) is 5.01. The van der Waals surface area contributed by atoms with Gasteiger partial charge in [-0.1, -0.05) is 48.9 Å². The summed E-state index contributed by atoms with van der Waals surface area (Å²) >= 11 is 5.65. The maximum atomic E-state index is 5.65. The zero-order valence-electron chi connectivity index (χ0n) is 16.9. The number of hydrogen-bond acceptors (Lipinski definition) is 2. The highest BCUT2D eigenvalue weighted by Gasteiger charge is 2.38. The standard InChI is InChI=1S/C24H31N3S/c1-17-11-12-18(2)23(13-17)26-24(28)25-20-14-21-9-6-10-22(15-20)27(21)16-19-7-4-3-5-8-19/h3-5,7-8,11-13,20-22H,6,9-10,14-16H2,1-2H3,(H2,25,26,28)/t21-,22-/m0/s1.